The van der Waals surface area contributed by atoms with E-state index in [1.54, 1.807) is 13.0 Å². The lowest BCUT2D eigenvalue weighted by Gasteiger charge is -2.37. The molecule has 0 saturated carbocycles. The smallest absolute Gasteiger partial charge is 0.276 e. The minimum atomic E-state index is -0.0656. The highest BCUT2D eigenvalue weighted by molar-refractivity contribution is 5.92. The monoisotopic (exact) mass is 273 g/mol. The molecular weight excluding hydrogens is 254 g/mol. The van der Waals surface area contributed by atoms with Crippen LogP contribution in [0.25, 0.3) is 0 Å². The number of likely N-dealkylation sites (tertiary alicyclic amines) is 1. The molecule has 0 bridgehead atoms. The van der Waals surface area contributed by atoms with Gasteiger partial charge in [0.15, 0.2) is 5.69 Å². The topological polar surface area (TPSA) is 72.4 Å². The molecule has 0 aromatic carbocycles. The summed E-state index contributed by atoms with van der Waals surface area (Å²) in [6.07, 6.45) is 2.00. The summed E-state index contributed by atoms with van der Waals surface area (Å²) in [6.45, 7) is 5.24. The lowest BCUT2D eigenvalue weighted by Crippen LogP contribution is -2.49. The third-order valence-corrected chi connectivity index (χ3v) is 3.36. The highest BCUT2D eigenvalue weighted by Gasteiger charge is 2.30. The van der Waals surface area contributed by atoms with Crippen LogP contribution in [0.15, 0.2) is 10.6 Å². The number of hydrogen-bond acceptors (Lipinski definition) is 4. The molecule has 1 saturated heterocycles. The van der Waals surface area contributed by atoms with E-state index in [1.807, 2.05) is 4.90 Å². The Morgan fingerprint density at radius 3 is 2.94 bits per heavy atom. The van der Waals surface area contributed by atoms with Gasteiger partial charge in [0.25, 0.3) is 5.91 Å². The van der Waals surface area contributed by atoms with E-state index in [2.05, 4.69) is 12.1 Å². The van der Waals surface area contributed by atoms with Crippen LogP contribution in [0.4, 0.5) is 0 Å². The molecule has 2 atom stereocenters. The van der Waals surface area contributed by atoms with Crippen molar-refractivity contribution in [3.05, 3.63) is 17.5 Å². The van der Waals surface area contributed by atoms with E-state index in [4.69, 9.17) is 10.3 Å². The number of halogens is 1. The first-order chi connectivity index (χ1) is 8.11. The van der Waals surface area contributed by atoms with Gasteiger partial charge in [0.1, 0.15) is 5.76 Å². The summed E-state index contributed by atoms with van der Waals surface area (Å²) in [7, 11) is 0. The summed E-state index contributed by atoms with van der Waals surface area (Å²) in [6, 6.07) is 1.80. The summed E-state index contributed by atoms with van der Waals surface area (Å²) in [5.74, 6) is 1.22. The molecule has 2 unspecified atom stereocenters. The molecule has 5 nitrogen and oxygen atoms in total. The number of rotatable bonds is 2. The number of piperidine rings is 1. The Balaban J connectivity index is 0.00000162. The van der Waals surface area contributed by atoms with Gasteiger partial charge >= 0.3 is 0 Å². The highest BCUT2D eigenvalue weighted by atomic mass is 35.5. The molecule has 0 aliphatic carbocycles. The first kappa shape index (κ1) is 15.0. The van der Waals surface area contributed by atoms with Gasteiger partial charge in [-0.25, -0.2) is 0 Å². The van der Waals surface area contributed by atoms with Crippen LogP contribution in [0.1, 0.15) is 36.0 Å². The second kappa shape index (κ2) is 6.20. The van der Waals surface area contributed by atoms with Crippen molar-refractivity contribution < 1.29 is 9.32 Å². The van der Waals surface area contributed by atoms with E-state index in [0.717, 1.165) is 19.4 Å². The van der Waals surface area contributed by atoms with Crippen molar-refractivity contribution >= 4 is 18.3 Å². The van der Waals surface area contributed by atoms with Crippen molar-refractivity contribution in [1.82, 2.24) is 10.1 Å². The molecule has 1 aliphatic rings. The molecule has 1 aromatic heterocycles. The Morgan fingerprint density at radius 2 is 2.39 bits per heavy atom. The fourth-order valence-corrected chi connectivity index (χ4v) is 2.36. The van der Waals surface area contributed by atoms with Crippen LogP contribution in [0.3, 0.4) is 0 Å². The maximum Gasteiger partial charge on any atom is 0.276 e. The average molecular weight is 274 g/mol. The minimum absolute atomic E-state index is 0. The number of aryl methyl sites for hydroxylation is 1. The summed E-state index contributed by atoms with van der Waals surface area (Å²) in [5.41, 5.74) is 6.12. The quantitative estimate of drug-likeness (QED) is 0.888. The van der Waals surface area contributed by atoms with Crippen LogP contribution >= 0.6 is 12.4 Å². The van der Waals surface area contributed by atoms with Crippen molar-refractivity contribution in [2.75, 3.05) is 13.1 Å². The van der Waals surface area contributed by atoms with Gasteiger partial charge in [0, 0.05) is 25.2 Å². The fraction of sp³-hybridized carbons (Fsp3) is 0.667. The molecule has 0 spiro atoms. The Hall–Kier alpha value is -1.07. The SMILES string of the molecule is Cc1cc(C(=O)N2CCC(C)CC2CN)no1.Cl. The summed E-state index contributed by atoms with van der Waals surface area (Å²) in [4.78, 5) is 14.1. The van der Waals surface area contributed by atoms with Gasteiger partial charge in [-0.15, -0.1) is 12.4 Å². The van der Waals surface area contributed by atoms with Crippen molar-refractivity contribution in [2.45, 2.75) is 32.7 Å². The van der Waals surface area contributed by atoms with Gasteiger partial charge in [0.2, 0.25) is 0 Å². The number of hydrogen-bond donors (Lipinski definition) is 1. The molecule has 18 heavy (non-hydrogen) atoms. The Kier molecular flexibility index (Phi) is 5.16. The molecule has 1 fully saturated rings. The van der Waals surface area contributed by atoms with Gasteiger partial charge in [0.05, 0.1) is 0 Å². The maximum absolute atomic E-state index is 12.2. The largest absolute Gasteiger partial charge is 0.361 e. The lowest BCUT2D eigenvalue weighted by molar-refractivity contribution is 0.0563. The van der Waals surface area contributed by atoms with Crippen LogP contribution in [-0.2, 0) is 0 Å². The van der Waals surface area contributed by atoms with Gasteiger partial charge in [-0.1, -0.05) is 12.1 Å². The van der Waals surface area contributed by atoms with Gasteiger partial charge in [-0.2, -0.15) is 0 Å². The maximum atomic E-state index is 12.2. The molecule has 2 heterocycles. The Labute approximate surface area is 113 Å². The van der Waals surface area contributed by atoms with E-state index in [1.165, 1.54) is 0 Å². The molecule has 2 rings (SSSR count). The van der Waals surface area contributed by atoms with Gasteiger partial charge < -0.3 is 15.2 Å². The van der Waals surface area contributed by atoms with Crippen molar-refractivity contribution in [2.24, 2.45) is 11.7 Å². The average Bonchev–Trinajstić information content (AvgIpc) is 2.75. The lowest BCUT2D eigenvalue weighted by atomic mass is 9.92. The van der Waals surface area contributed by atoms with Gasteiger partial charge in [-0.05, 0) is 25.7 Å². The van der Waals surface area contributed by atoms with E-state index < -0.39 is 0 Å². The zero-order chi connectivity index (χ0) is 12.4. The number of carbonyl (C=O) groups is 1. The minimum Gasteiger partial charge on any atom is -0.361 e. The van der Waals surface area contributed by atoms with E-state index in [-0.39, 0.29) is 24.4 Å². The highest BCUT2D eigenvalue weighted by Crippen LogP contribution is 2.23. The number of nitrogens with two attached hydrogens (primary N) is 1. The predicted molar refractivity (Wildman–Crippen MR) is 70.8 cm³/mol. The molecule has 6 heteroatoms. The Bertz CT molecular complexity index is 408. The molecular formula is C12H20ClN3O2. The van der Waals surface area contributed by atoms with Crippen molar-refractivity contribution in [3.8, 4) is 0 Å². The molecule has 1 aliphatic heterocycles. The van der Waals surface area contributed by atoms with Crippen LogP contribution in [0, 0.1) is 12.8 Å². The number of aromatic nitrogens is 1. The van der Waals surface area contributed by atoms with Crippen molar-refractivity contribution in [3.63, 3.8) is 0 Å². The van der Waals surface area contributed by atoms with Crippen LogP contribution in [-0.4, -0.2) is 35.1 Å². The summed E-state index contributed by atoms with van der Waals surface area (Å²) in [5, 5.41) is 3.77. The zero-order valence-electron chi connectivity index (χ0n) is 10.8. The molecule has 2 N–H and O–H groups in total. The molecule has 1 amide bonds. The number of carbonyl (C=O) groups excluding carboxylic acids is 1. The van der Waals surface area contributed by atoms with Crippen molar-refractivity contribution in [1.29, 1.82) is 0 Å². The van der Waals surface area contributed by atoms with E-state index in [9.17, 15) is 4.79 Å². The first-order valence-electron chi connectivity index (χ1n) is 6.06. The molecule has 0 radical (unpaired) electrons. The first-order valence-corrected chi connectivity index (χ1v) is 6.06. The predicted octanol–water partition coefficient (Wildman–Crippen LogP) is 1.60. The van der Waals surface area contributed by atoms with Crippen LogP contribution in [0.2, 0.25) is 0 Å². The van der Waals surface area contributed by atoms with Crippen LogP contribution in [0.5, 0.6) is 0 Å². The van der Waals surface area contributed by atoms with E-state index in [0.29, 0.717) is 23.9 Å². The third-order valence-electron chi connectivity index (χ3n) is 3.36. The summed E-state index contributed by atoms with van der Waals surface area (Å²) >= 11 is 0. The standard InChI is InChI=1S/C12H19N3O2.ClH/c1-8-3-4-15(10(5-8)7-13)12(16)11-6-9(2)17-14-11;/h6,8,10H,3-5,7,13H2,1-2H3;1H. The number of amides is 1. The van der Waals surface area contributed by atoms with Gasteiger partial charge in [-0.3, -0.25) is 4.79 Å². The van der Waals surface area contributed by atoms with Crippen LogP contribution < -0.4 is 5.73 Å². The third kappa shape index (κ3) is 3.03. The zero-order valence-corrected chi connectivity index (χ0v) is 11.6. The van der Waals surface area contributed by atoms with E-state index >= 15 is 0 Å². The number of nitrogens with zero attached hydrogens (tertiary/aromatic N) is 2. The fourth-order valence-electron chi connectivity index (χ4n) is 2.36. The Morgan fingerprint density at radius 1 is 1.67 bits per heavy atom. The normalized spacial score (nSPS) is 23.6. The molecule has 1 aromatic rings. The molecule has 102 valence electrons. The second-order valence-electron chi connectivity index (χ2n) is 4.84. The summed E-state index contributed by atoms with van der Waals surface area (Å²) < 4.78 is 4.94. The second-order valence-corrected chi connectivity index (χ2v) is 4.84.